The highest BCUT2D eigenvalue weighted by atomic mass is 32.1. The lowest BCUT2D eigenvalue weighted by molar-refractivity contribution is 0.351. The van der Waals surface area contributed by atoms with E-state index < -0.39 is 0 Å². The van der Waals surface area contributed by atoms with Crippen LogP contribution in [0.1, 0.15) is 44.4 Å². The first kappa shape index (κ1) is 15.2. The van der Waals surface area contributed by atoms with Gasteiger partial charge in [-0.2, -0.15) is 0 Å². The molecule has 2 rings (SSSR count). The molecule has 0 radical (unpaired) electrons. The molecule has 4 heteroatoms. The van der Waals surface area contributed by atoms with Crippen molar-refractivity contribution in [3.8, 4) is 0 Å². The van der Waals surface area contributed by atoms with Gasteiger partial charge >= 0.3 is 0 Å². The molecule has 1 saturated heterocycles. The number of hydrogen-bond acceptors (Lipinski definition) is 3. The van der Waals surface area contributed by atoms with Gasteiger partial charge in [-0.05, 0) is 50.2 Å². The summed E-state index contributed by atoms with van der Waals surface area (Å²) in [6.07, 6.45) is 3.75. The van der Waals surface area contributed by atoms with Crippen LogP contribution in [0, 0.1) is 18.8 Å². The molecule has 1 aromatic heterocycles. The van der Waals surface area contributed by atoms with Crippen LogP contribution in [-0.2, 0) is 0 Å². The lowest BCUT2D eigenvalue weighted by Crippen LogP contribution is -2.28. The zero-order valence-electron chi connectivity index (χ0n) is 12.7. The van der Waals surface area contributed by atoms with Gasteiger partial charge in [0.05, 0.1) is 5.56 Å². The first-order valence-corrected chi connectivity index (χ1v) is 7.92. The van der Waals surface area contributed by atoms with Gasteiger partial charge < -0.3 is 10.6 Å². The van der Waals surface area contributed by atoms with Gasteiger partial charge in [-0.1, -0.05) is 26.1 Å². The molecule has 0 aliphatic carbocycles. The van der Waals surface area contributed by atoms with Gasteiger partial charge in [0.1, 0.15) is 10.8 Å². The quantitative estimate of drug-likeness (QED) is 0.868. The van der Waals surface area contributed by atoms with Crippen molar-refractivity contribution < 1.29 is 0 Å². The van der Waals surface area contributed by atoms with Crippen LogP contribution < -0.4 is 10.6 Å². The second-order valence-electron chi connectivity index (χ2n) is 6.11. The molecule has 20 heavy (non-hydrogen) atoms. The monoisotopic (exact) mass is 291 g/mol. The molecule has 1 fully saturated rings. The van der Waals surface area contributed by atoms with Crippen molar-refractivity contribution in [2.75, 3.05) is 18.0 Å². The van der Waals surface area contributed by atoms with Gasteiger partial charge in [0.15, 0.2) is 0 Å². The van der Waals surface area contributed by atoms with E-state index in [-0.39, 0.29) is 0 Å². The van der Waals surface area contributed by atoms with Crippen LogP contribution in [0.3, 0.4) is 0 Å². The van der Waals surface area contributed by atoms with Crippen LogP contribution in [0.5, 0.6) is 0 Å². The third-order valence-electron chi connectivity index (χ3n) is 4.29. The van der Waals surface area contributed by atoms with Gasteiger partial charge in [0.25, 0.3) is 0 Å². The van der Waals surface area contributed by atoms with Crippen LogP contribution >= 0.6 is 12.2 Å². The summed E-state index contributed by atoms with van der Waals surface area (Å²) in [5.41, 5.74) is 7.78. The van der Waals surface area contributed by atoms with Crippen molar-refractivity contribution in [3.05, 3.63) is 23.4 Å². The molecule has 1 unspecified atom stereocenters. The van der Waals surface area contributed by atoms with Crippen molar-refractivity contribution in [1.82, 2.24) is 4.98 Å². The average Bonchev–Trinajstić information content (AvgIpc) is 2.63. The number of nitrogens with two attached hydrogens (primary N) is 1. The number of hydrogen-bond donors (Lipinski definition) is 1. The smallest absolute Gasteiger partial charge is 0.139 e. The fraction of sp³-hybridized carbons (Fsp3) is 0.625. The summed E-state index contributed by atoms with van der Waals surface area (Å²) in [5.74, 6) is 2.55. The van der Waals surface area contributed by atoms with Gasteiger partial charge in [0, 0.05) is 18.8 Å². The Balaban J connectivity index is 2.23. The molecule has 0 spiro atoms. The molecular weight excluding hydrogens is 266 g/mol. The van der Waals surface area contributed by atoms with Crippen molar-refractivity contribution in [3.63, 3.8) is 0 Å². The van der Waals surface area contributed by atoms with Gasteiger partial charge in [-0.25, -0.2) is 4.98 Å². The van der Waals surface area contributed by atoms with Crippen molar-refractivity contribution >= 4 is 23.0 Å². The summed E-state index contributed by atoms with van der Waals surface area (Å²) in [5, 5.41) is 0. The fourth-order valence-corrected chi connectivity index (χ4v) is 3.14. The molecule has 3 nitrogen and oxygen atoms in total. The SMILES string of the molecule is Cc1ccc(C(N)=S)c(N2CCCC(C(C)C)CC2)n1. The predicted octanol–water partition coefficient (Wildman–Crippen LogP) is 3.29. The van der Waals surface area contributed by atoms with Crippen molar-refractivity contribution in [1.29, 1.82) is 0 Å². The summed E-state index contributed by atoms with van der Waals surface area (Å²) in [6, 6.07) is 3.98. The lowest BCUT2D eigenvalue weighted by Gasteiger charge is -2.25. The molecule has 2 heterocycles. The maximum absolute atomic E-state index is 5.85. The summed E-state index contributed by atoms with van der Waals surface area (Å²) in [7, 11) is 0. The molecular formula is C16H25N3S. The molecule has 1 aromatic rings. The highest BCUT2D eigenvalue weighted by molar-refractivity contribution is 7.80. The number of pyridine rings is 1. The Hall–Kier alpha value is -1.16. The predicted molar refractivity (Wildman–Crippen MR) is 89.3 cm³/mol. The molecule has 2 N–H and O–H groups in total. The summed E-state index contributed by atoms with van der Waals surface area (Å²) in [6.45, 7) is 8.77. The van der Waals surface area contributed by atoms with E-state index in [0.29, 0.717) is 4.99 Å². The first-order valence-electron chi connectivity index (χ1n) is 7.51. The summed E-state index contributed by atoms with van der Waals surface area (Å²) < 4.78 is 0. The third kappa shape index (κ3) is 3.48. The number of rotatable bonds is 3. The standard InChI is InChI=1S/C16H25N3S/c1-11(2)13-5-4-9-19(10-8-13)16-14(15(17)20)7-6-12(3)18-16/h6-7,11,13H,4-5,8-10H2,1-3H3,(H2,17,20). The Morgan fingerprint density at radius 3 is 2.75 bits per heavy atom. The van der Waals surface area contributed by atoms with Gasteiger partial charge in [0.2, 0.25) is 0 Å². The Bertz CT molecular complexity index is 485. The van der Waals surface area contributed by atoms with E-state index in [9.17, 15) is 0 Å². The molecule has 1 atom stereocenters. The fourth-order valence-electron chi connectivity index (χ4n) is 2.98. The minimum atomic E-state index is 0.442. The van der Waals surface area contributed by atoms with Crippen molar-refractivity contribution in [2.45, 2.75) is 40.0 Å². The van der Waals surface area contributed by atoms with Crippen molar-refractivity contribution in [2.24, 2.45) is 17.6 Å². The zero-order valence-corrected chi connectivity index (χ0v) is 13.5. The maximum atomic E-state index is 5.85. The summed E-state index contributed by atoms with van der Waals surface area (Å²) >= 11 is 5.17. The molecule has 0 aromatic carbocycles. The highest BCUT2D eigenvalue weighted by Crippen LogP contribution is 2.28. The van der Waals surface area contributed by atoms with Crippen LogP contribution in [0.15, 0.2) is 12.1 Å². The van der Waals surface area contributed by atoms with Crippen LogP contribution in [-0.4, -0.2) is 23.1 Å². The molecule has 0 saturated carbocycles. The van der Waals surface area contributed by atoms with E-state index in [1.165, 1.54) is 19.3 Å². The molecule has 1 aliphatic heterocycles. The number of nitrogens with zero attached hydrogens (tertiary/aromatic N) is 2. The van der Waals surface area contributed by atoms with E-state index in [1.807, 2.05) is 19.1 Å². The molecule has 0 amide bonds. The minimum Gasteiger partial charge on any atom is -0.389 e. The number of aryl methyl sites for hydroxylation is 1. The van der Waals surface area contributed by atoms with Gasteiger partial charge in [-0.3, -0.25) is 0 Å². The zero-order chi connectivity index (χ0) is 14.7. The van der Waals surface area contributed by atoms with Crippen LogP contribution in [0.25, 0.3) is 0 Å². The largest absolute Gasteiger partial charge is 0.389 e. The number of thiocarbonyl (C=S) groups is 1. The van der Waals surface area contributed by atoms with E-state index in [2.05, 4.69) is 23.7 Å². The Kier molecular flexibility index (Phi) is 4.97. The van der Waals surface area contributed by atoms with Crippen LogP contribution in [0.4, 0.5) is 5.82 Å². The molecule has 0 bridgehead atoms. The van der Waals surface area contributed by atoms with E-state index >= 15 is 0 Å². The number of aromatic nitrogens is 1. The highest BCUT2D eigenvalue weighted by Gasteiger charge is 2.22. The Labute approximate surface area is 127 Å². The molecule has 110 valence electrons. The first-order chi connectivity index (χ1) is 9.49. The van der Waals surface area contributed by atoms with Gasteiger partial charge in [-0.15, -0.1) is 0 Å². The average molecular weight is 291 g/mol. The maximum Gasteiger partial charge on any atom is 0.139 e. The normalized spacial score (nSPS) is 20.0. The Morgan fingerprint density at radius 2 is 2.10 bits per heavy atom. The second-order valence-corrected chi connectivity index (χ2v) is 6.55. The summed E-state index contributed by atoms with van der Waals surface area (Å²) in [4.78, 5) is 7.49. The van der Waals surface area contributed by atoms with E-state index in [0.717, 1.165) is 42.0 Å². The van der Waals surface area contributed by atoms with E-state index in [1.54, 1.807) is 0 Å². The van der Waals surface area contributed by atoms with Crippen LogP contribution in [0.2, 0.25) is 0 Å². The third-order valence-corrected chi connectivity index (χ3v) is 4.51. The lowest BCUT2D eigenvalue weighted by atomic mass is 9.89. The molecule has 1 aliphatic rings. The minimum absolute atomic E-state index is 0.442. The second kappa shape index (κ2) is 6.53. The number of anilines is 1. The Morgan fingerprint density at radius 1 is 1.35 bits per heavy atom. The van der Waals surface area contributed by atoms with E-state index in [4.69, 9.17) is 18.0 Å². The topological polar surface area (TPSA) is 42.1 Å².